The van der Waals surface area contributed by atoms with Crippen LogP contribution in [-0.4, -0.2) is 6.15 Å². The second kappa shape index (κ2) is 18.3. The van der Waals surface area contributed by atoms with E-state index >= 15 is 35.1 Å². The number of hydrogen-bond donors (Lipinski definition) is 0. The molecule has 0 radical (unpaired) electrons. The molecule has 0 spiro atoms. The largest absolute Gasteiger partial charge is 0.442 e. The Hall–Kier alpha value is -3.43. The minimum atomic E-state index is -7.22. The van der Waals surface area contributed by atoms with Crippen molar-refractivity contribution in [3.05, 3.63) is 160 Å². The molecular weight excluding hydrogens is 1170 g/mol. The molecule has 0 bridgehead atoms. The van der Waals surface area contributed by atoms with Gasteiger partial charge in [0, 0.05) is 12.1 Å². The quantitative estimate of drug-likeness (QED) is 0.0418. The Morgan fingerprint density at radius 3 is 0.625 bits per heavy atom. The van der Waals surface area contributed by atoms with Crippen molar-refractivity contribution >= 4 is 97.6 Å². The van der Waals surface area contributed by atoms with Crippen LogP contribution in [-0.2, 0) is 7.59 Å². The molecule has 0 aliphatic rings. The van der Waals surface area contributed by atoms with Crippen LogP contribution in [0.2, 0.25) is 0 Å². The number of alkyl halides is 6. The van der Waals surface area contributed by atoms with Crippen molar-refractivity contribution < 1.29 is 118 Å². The van der Waals surface area contributed by atoms with E-state index in [1.54, 1.807) is 24.3 Å². The highest BCUT2D eigenvalue weighted by molar-refractivity contribution is 7.20. The fourth-order valence-electron chi connectivity index (χ4n) is 6.00. The predicted octanol–water partition coefficient (Wildman–Crippen LogP) is 8.50. The van der Waals surface area contributed by atoms with E-state index in [1.165, 1.54) is 0 Å². The van der Waals surface area contributed by atoms with Gasteiger partial charge in [-0.05, 0) is 12.1 Å². The van der Waals surface area contributed by atoms with E-state index in [4.69, 9.17) is 78.4 Å². The maximum absolute atomic E-state index is 15.4. The Labute approximate surface area is 380 Å². The van der Waals surface area contributed by atoms with Crippen LogP contribution in [0.25, 0.3) is 0 Å². The van der Waals surface area contributed by atoms with Gasteiger partial charge in [-0.3, -0.25) is 0 Å². The number of halogens is 27. The summed E-state index contributed by atoms with van der Waals surface area (Å²) in [5, 5.41) is 0. The first-order valence-corrected chi connectivity index (χ1v) is 20.0. The number of hydrogen-bond acceptors (Lipinski definition) is 2. The molecule has 0 atom stereocenters. The van der Waals surface area contributed by atoms with Gasteiger partial charge in [-0.15, -0.1) is 21.9 Å². The monoisotopic (exact) mass is 1170 g/mol. The molecule has 0 amide bonds. The Balaban J connectivity index is 0.000000337. The first-order valence-electron chi connectivity index (χ1n) is 15.6. The highest BCUT2D eigenvalue weighted by atomic mass is 127. The highest BCUT2D eigenvalue weighted by Gasteiger charge is 2.52. The third kappa shape index (κ3) is 8.56. The van der Waals surface area contributed by atoms with E-state index < -0.39 is 173 Å². The minimum Gasteiger partial charge on any atom is -0.419 e. The predicted molar refractivity (Wildman–Crippen MR) is 183 cm³/mol. The lowest BCUT2D eigenvalue weighted by Crippen LogP contribution is -3.61. The summed E-state index contributed by atoms with van der Waals surface area (Å²) in [6, 6.07) is 6.70. The molecule has 344 valence electrons. The van der Waals surface area contributed by atoms with Crippen molar-refractivity contribution in [2.45, 2.75) is 7.59 Å². The topological polar surface area (TPSA) is 26.3 Å². The standard InChI is InChI=1S/C24BF20.C10H4Cl6IO2/c26-5-1(6(27)14(35)21(42)13(5)34)25(2-7(28)15(36)22(43)16(37)8(2)29,3-9(30)17(38)23(44)18(39)10(3)31)4-11(32)19(40)24(45)20(41)12(4)33;11-9(12,13)5-1-3-7(18-5)17-8-4-2-6(19-8)10(14,15)16/h;1-4H/q-1;+1. The molecule has 0 saturated heterocycles. The van der Waals surface area contributed by atoms with Crippen molar-refractivity contribution in [3.63, 3.8) is 0 Å². The van der Waals surface area contributed by atoms with Crippen LogP contribution >= 0.6 is 69.6 Å². The first-order chi connectivity index (χ1) is 29.4. The van der Waals surface area contributed by atoms with Gasteiger partial charge in [0.05, 0.1) is 0 Å². The van der Waals surface area contributed by atoms with Crippen LogP contribution in [0.5, 0.6) is 0 Å². The molecule has 0 N–H and O–H groups in total. The van der Waals surface area contributed by atoms with E-state index in [2.05, 4.69) is 0 Å². The Morgan fingerprint density at radius 2 is 0.469 bits per heavy atom. The summed E-state index contributed by atoms with van der Waals surface area (Å²) in [5.74, 6) is -70.9. The molecular formula is C34H4BCl6F20IO2. The number of benzene rings is 4. The van der Waals surface area contributed by atoms with E-state index in [9.17, 15) is 52.7 Å². The summed E-state index contributed by atoms with van der Waals surface area (Å²) in [4.78, 5) is 0. The van der Waals surface area contributed by atoms with Gasteiger partial charge in [-0.25, -0.2) is 87.8 Å². The average molecular weight is 1170 g/mol. The molecule has 64 heavy (non-hydrogen) atoms. The zero-order valence-electron chi connectivity index (χ0n) is 28.9. The number of furan rings is 2. The van der Waals surface area contributed by atoms with E-state index in [0.717, 1.165) is 0 Å². The SMILES string of the molecule is ClC(Cl)(Cl)c1ccc([I+]c2ccc(C(Cl)(Cl)Cl)o2)o1.Fc1c(F)c(F)c([B-](c2c(F)c(F)c(F)c(F)c2F)(c2c(F)c(F)c(F)c(F)c2F)c2c(F)c(F)c(F)c(F)c2F)c(F)c1F. The Bertz CT molecular complexity index is 2430. The van der Waals surface area contributed by atoms with Crippen LogP contribution in [0.15, 0.2) is 33.1 Å². The molecule has 0 aliphatic carbocycles. The Kier molecular flexibility index (Phi) is 14.8. The first kappa shape index (κ1) is 51.6. The molecule has 2 heterocycles. The van der Waals surface area contributed by atoms with E-state index in [-0.39, 0.29) is 11.5 Å². The highest BCUT2D eigenvalue weighted by Crippen LogP contribution is 2.39. The molecule has 2 nitrogen and oxygen atoms in total. The van der Waals surface area contributed by atoms with Gasteiger partial charge in [-0.2, -0.15) is 0 Å². The second-order valence-electron chi connectivity index (χ2n) is 12.1. The van der Waals surface area contributed by atoms with Crippen LogP contribution in [0.1, 0.15) is 11.5 Å². The molecule has 6 rings (SSSR count). The minimum absolute atomic E-state index is 0.264. The summed E-state index contributed by atoms with van der Waals surface area (Å²) in [7, 11) is 0. The van der Waals surface area contributed by atoms with Crippen molar-refractivity contribution in [2.75, 3.05) is 0 Å². The summed E-state index contributed by atoms with van der Waals surface area (Å²) in [6.45, 7) is 0. The lowest BCUT2D eigenvalue weighted by Gasteiger charge is -2.44. The van der Waals surface area contributed by atoms with Gasteiger partial charge >= 0.3 is 28.7 Å². The molecule has 30 heteroatoms. The fraction of sp³-hybridized carbons (Fsp3) is 0.0588. The molecule has 0 fully saturated rings. The average Bonchev–Trinajstić information content (AvgIpc) is 3.92. The van der Waals surface area contributed by atoms with E-state index in [0.29, 0.717) is 7.53 Å². The lowest BCUT2D eigenvalue weighted by atomic mass is 9.12. The van der Waals surface area contributed by atoms with E-state index in [1.807, 2.05) is 0 Å². The zero-order valence-corrected chi connectivity index (χ0v) is 35.6. The molecule has 0 saturated carbocycles. The van der Waals surface area contributed by atoms with Crippen molar-refractivity contribution in [1.82, 2.24) is 0 Å². The maximum atomic E-state index is 15.4. The molecule has 0 aliphatic heterocycles. The molecule has 0 unspecified atom stereocenters. The Morgan fingerprint density at radius 1 is 0.297 bits per heavy atom. The van der Waals surface area contributed by atoms with Crippen molar-refractivity contribution in [2.24, 2.45) is 0 Å². The van der Waals surface area contributed by atoms with Crippen LogP contribution in [0.3, 0.4) is 0 Å². The number of rotatable bonds is 6. The summed E-state index contributed by atoms with van der Waals surface area (Å²) in [5.41, 5.74) is -14.3. The summed E-state index contributed by atoms with van der Waals surface area (Å²) >= 11 is 33.6. The van der Waals surface area contributed by atoms with Gasteiger partial charge in [0.15, 0.2) is 81.3 Å². The lowest BCUT2D eigenvalue weighted by molar-refractivity contribution is -0.636. The van der Waals surface area contributed by atoms with Gasteiger partial charge < -0.3 is 8.83 Å². The normalized spacial score (nSPS) is 12.3. The van der Waals surface area contributed by atoms with Gasteiger partial charge in [0.2, 0.25) is 7.59 Å². The van der Waals surface area contributed by atoms with Gasteiger partial charge in [-0.1, -0.05) is 69.6 Å². The smallest absolute Gasteiger partial charge is 0.419 e. The van der Waals surface area contributed by atoms with Crippen LogP contribution in [0.4, 0.5) is 87.8 Å². The van der Waals surface area contributed by atoms with Crippen molar-refractivity contribution in [3.8, 4) is 0 Å². The third-order valence-electron chi connectivity index (χ3n) is 8.60. The molecule has 4 aromatic carbocycles. The second-order valence-corrected chi connectivity index (χ2v) is 19.3. The fourth-order valence-corrected chi connectivity index (χ4v) is 8.55. The summed E-state index contributed by atoms with van der Waals surface area (Å²) < 4.78 is 303. The van der Waals surface area contributed by atoms with Crippen LogP contribution in [0, 0.1) is 124 Å². The third-order valence-corrected chi connectivity index (χ3v) is 11.9. The molecule has 2 aromatic heterocycles. The van der Waals surface area contributed by atoms with Crippen LogP contribution < -0.4 is 43.1 Å². The van der Waals surface area contributed by atoms with Gasteiger partial charge in [0.25, 0.3) is 0 Å². The zero-order chi connectivity index (χ0) is 48.6. The molecule has 6 aromatic rings. The summed E-state index contributed by atoms with van der Waals surface area (Å²) in [6.07, 6.45) is -7.22. The van der Waals surface area contributed by atoms with Crippen molar-refractivity contribution in [1.29, 1.82) is 0 Å². The maximum Gasteiger partial charge on any atom is 0.442 e. The van der Waals surface area contributed by atoms with Gasteiger partial charge in [0.1, 0.15) is 52.7 Å².